The van der Waals surface area contributed by atoms with Gasteiger partial charge in [-0.2, -0.15) is 4.57 Å². The minimum atomic E-state index is 0.187. The summed E-state index contributed by atoms with van der Waals surface area (Å²) in [5.41, 5.74) is 1.50. The number of ether oxygens (including phenoxy) is 1. The Bertz CT molecular complexity index is 537. The van der Waals surface area contributed by atoms with Crippen LogP contribution in [0, 0.1) is 0 Å². The first-order chi connectivity index (χ1) is 7.97. The second-order valence-corrected chi connectivity index (χ2v) is 6.27. The highest BCUT2D eigenvalue weighted by molar-refractivity contribution is 7.18. The smallest absolute Gasteiger partial charge is 0.243 e. The molecule has 2 nitrogen and oxygen atoms in total. The fourth-order valence-electron chi connectivity index (χ4n) is 2.07. The van der Waals surface area contributed by atoms with E-state index in [1.165, 1.54) is 15.2 Å². The molecule has 2 rings (SSSR count). The van der Waals surface area contributed by atoms with Crippen molar-refractivity contribution in [2.45, 2.75) is 39.7 Å². The van der Waals surface area contributed by atoms with Gasteiger partial charge in [0.2, 0.25) is 10.5 Å². The van der Waals surface area contributed by atoms with Gasteiger partial charge < -0.3 is 4.74 Å². The molecule has 0 radical (unpaired) electrons. The largest absolute Gasteiger partial charge is 0.497 e. The van der Waals surface area contributed by atoms with Gasteiger partial charge in [0.25, 0.3) is 0 Å². The number of fused-ring (bicyclic) bond motifs is 1. The summed E-state index contributed by atoms with van der Waals surface area (Å²) in [4.78, 5) is 0. The van der Waals surface area contributed by atoms with Crippen molar-refractivity contribution in [1.29, 1.82) is 0 Å². The molecule has 0 N–H and O–H groups in total. The van der Waals surface area contributed by atoms with Crippen molar-refractivity contribution in [2.75, 3.05) is 7.11 Å². The Morgan fingerprint density at radius 2 is 2.00 bits per heavy atom. The van der Waals surface area contributed by atoms with Gasteiger partial charge in [0.1, 0.15) is 17.0 Å². The van der Waals surface area contributed by atoms with Crippen LogP contribution < -0.4 is 9.30 Å². The summed E-state index contributed by atoms with van der Waals surface area (Å²) >= 11 is 1.87. The zero-order valence-electron chi connectivity index (χ0n) is 11.2. The Hall–Kier alpha value is -1.09. The molecule has 0 atom stereocenters. The van der Waals surface area contributed by atoms with Crippen molar-refractivity contribution in [3.8, 4) is 5.75 Å². The third kappa shape index (κ3) is 2.16. The van der Waals surface area contributed by atoms with E-state index in [4.69, 9.17) is 4.74 Å². The molecule has 92 valence electrons. The molecule has 17 heavy (non-hydrogen) atoms. The third-order valence-corrected chi connectivity index (χ3v) is 4.44. The van der Waals surface area contributed by atoms with Gasteiger partial charge in [-0.1, -0.05) is 11.3 Å². The van der Waals surface area contributed by atoms with E-state index in [0.29, 0.717) is 0 Å². The average molecular weight is 250 g/mol. The number of benzene rings is 1. The van der Waals surface area contributed by atoms with E-state index in [9.17, 15) is 0 Å². The van der Waals surface area contributed by atoms with Gasteiger partial charge in [-0.15, -0.1) is 0 Å². The minimum absolute atomic E-state index is 0.187. The molecule has 1 aromatic heterocycles. The van der Waals surface area contributed by atoms with E-state index in [-0.39, 0.29) is 5.41 Å². The number of aryl methyl sites for hydroxylation is 1. The van der Waals surface area contributed by atoms with Crippen molar-refractivity contribution in [3.05, 3.63) is 23.2 Å². The van der Waals surface area contributed by atoms with E-state index in [1.807, 2.05) is 17.4 Å². The summed E-state index contributed by atoms with van der Waals surface area (Å²) < 4.78 is 8.99. The number of aromatic nitrogens is 1. The molecule has 0 fully saturated rings. The second-order valence-electron chi connectivity index (χ2n) is 5.24. The fraction of sp³-hybridized carbons (Fsp3) is 0.500. The van der Waals surface area contributed by atoms with Crippen LogP contribution in [0.1, 0.15) is 32.7 Å². The molecule has 0 unspecified atom stereocenters. The maximum atomic E-state index is 5.29. The predicted octanol–water partition coefficient (Wildman–Crippen LogP) is 3.51. The van der Waals surface area contributed by atoms with Crippen molar-refractivity contribution < 1.29 is 9.30 Å². The van der Waals surface area contributed by atoms with Crippen molar-refractivity contribution in [3.63, 3.8) is 0 Å². The van der Waals surface area contributed by atoms with Crippen LogP contribution in [0.5, 0.6) is 5.75 Å². The molecule has 0 saturated heterocycles. The van der Waals surface area contributed by atoms with Gasteiger partial charge in [0, 0.05) is 12.1 Å². The zero-order valence-corrected chi connectivity index (χ0v) is 12.0. The number of rotatable bonds is 2. The minimum Gasteiger partial charge on any atom is -0.497 e. The van der Waals surface area contributed by atoms with E-state index in [2.05, 4.69) is 44.4 Å². The van der Waals surface area contributed by atoms with Crippen molar-refractivity contribution in [2.24, 2.45) is 0 Å². The lowest BCUT2D eigenvalue weighted by atomic mass is 9.98. The van der Waals surface area contributed by atoms with Gasteiger partial charge in [-0.05, 0) is 33.8 Å². The van der Waals surface area contributed by atoms with E-state index >= 15 is 0 Å². The number of hydrogen-bond donors (Lipinski definition) is 0. The van der Waals surface area contributed by atoms with Gasteiger partial charge in [-0.25, -0.2) is 0 Å². The SMILES string of the molecule is CC[n+]1c(C(C)(C)C)sc2cc(OC)ccc21. The summed E-state index contributed by atoms with van der Waals surface area (Å²) in [6.07, 6.45) is 0. The summed E-state index contributed by atoms with van der Waals surface area (Å²) in [5.74, 6) is 0.933. The summed E-state index contributed by atoms with van der Waals surface area (Å²) in [6, 6.07) is 6.32. The first kappa shape index (κ1) is 12.4. The van der Waals surface area contributed by atoms with Gasteiger partial charge in [0.05, 0.1) is 12.5 Å². The molecule has 3 heteroatoms. The van der Waals surface area contributed by atoms with E-state index < -0.39 is 0 Å². The zero-order chi connectivity index (χ0) is 12.6. The first-order valence-electron chi connectivity index (χ1n) is 5.98. The lowest BCUT2D eigenvalue weighted by molar-refractivity contribution is -0.673. The molecule has 0 amide bonds. The molecule has 0 bridgehead atoms. The van der Waals surface area contributed by atoms with Gasteiger partial charge in [-0.3, -0.25) is 0 Å². The van der Waals surface area contributed by atoms with Crippen LogP contribution >= 0.6 is 11.3 Å². The topological polar surface area (TPSA) is 13.1 Å². The highest BCUT2D eigenvalue weighted by Crippen LogP contribution is 2.31. The van der Waals surface area contributed by atoms with Crippen molar-refractivity contribution in [1.82, 2.24) is 0 Å². The number of methoxy groups -OCH3 is 1. The number of thiazole rings is 1. The Morgan fingerprint density at radius 3 is 2.53 bits per heavy atom. The summed E-state index contributed by atoms with van der Waals surface area (Å²) in [6.45, 7) is 10.0. The second kappa shape index (κ2) is 4.30. The van der Waals surface area contributed by atoms with Crippen LogP contribution in [0.15, 0.2) is 18.2 Å². The quantitative estimate of drug-likeness (QED) is 0.743. The molecule has 2 aromatic rings. The van der Waals surface area contributed by atoms with E-state index in [1.54, 1.807) is 7.11 Å². The molecule has 1 aromatic carbocycles. The molecule has 0 spiro atoms. The first-order valence-corrected chi connectivity index (χ1v) is 6.80. The Labute approximate surface area is 107 Å². The molecule has 1 heterocycles. The average Bonchev–Trinajstić information content (AvgIpc) is 2.65. The highest BCUT2D eigenvalue weighted by Gasteiger charge is 2.29. The molecule has 0 aliphatic rings. The maximum Gasteiger partial charge on any atom is 0.243 e. The van der Waals surface area contributed by atoms with Gasteiger partial charge >= 0.3 is 0 Å². The monoisotopic (exact) mass is 250 g/mol. The Morgan fingerprint density at radius 1 is 1.29 bits per heavy atom. The Balaban J connectivity index is 2.70. The van der Waals surface area contributed by atoms with Crippen LogP contribution in [-0.2, 0) is 12.0 Å². The number of hydrogen-bond acceptors (Lipinski definition) is 2. The third-order valence-electron chi connectivity index (χ3n) is 2.87. The summed E-state index contributed by atoms with van der Waals surface area (Å²) in [5, 5.41) is 1.42. The molecular weight excluding hydrogens is 230 g/mol. The van der Waals surface area contributed by atoms with Crippen LogP contribution in [0.3, 0.4) is 0 Å². The lowest BCUT2D eigenvalue weighted by Gasteiger charge is -2.11. The molecule has 0 aliphatic carbocycles. The predicted molar refractivity (Wildman–Crippen MR) is 72.9 cm³/mol. The van der Waals surface area contributed by atoms with Crippen LogP contribution in [0.4, 0.5) is 0 Å². The maximum absolute atomic E-state index is 5.29. The highest BCUT2D eigenvalue weighted by atomic mass is 32.1. The van der Waals surface area contributed by atoms with E-state index in [0.717, 1.165) is 12.3 Å². The normalized spacial score (nSPS) is 12.1. The van der Waals surface area contributed by atoms with Gasteiger partial charge in [0.15, 0.2) is 0 Å². The standard InChI is InChI=1S/C14H20NOS/c1-6-15-11-8-7-10(16-5)9-12(11)17-13(15)14(2,3)4/h7-9H,6H2,1-5H3/q+1. The van der Waals surface area contributed by atoms with Crippen molar-refractivity contribution >= 4 is 21.6 Å². The van der Waals surface area contributed by atoms with Crippen LogP contribution in [0.2, 0.25) is 0 Å². The number of nitrogens with zero attached hydrogens (tertiary/aromatic N) is 1. The Kier molecular flexibility index (Phi) is 3.13. The molecule has 0 saturated carbocycles. The summed E-state index contributed by atoms with van der Waals surface area (Å²) in [7, 11) is 1.72. The fourth-order valence-corrected chi connectivity index (χ4v) is 3.38. The molecular formula is C14H20NOS+. The van der Waals surface area contributed by atoms with Crippen LogP contribution in [0.25, 0.3) is 10.2 Å². The molecule has 0 aliphatic heterocycles. The van der Waals surface area contributed by atoms with Crippen LogP contribution in [-0.4, -0.2) is 7.11 Å². The lowest BCUT2D eigenvalue weighted by Crippen LogP contribution is -2.39.